The Morgan fingerprint density at radius 1 is 1.39 bits per heavy atom. The number of amides is 1. The van der Waals surface area contributed by atoms with Gasteiger partial charge in [0, 0.05) is 16.4 Å². The van der Waals surface area contributed by atoms with Gasteiger partial charge in [0.2, 0.25) is 5.91 Å². The molecular weight excluding hydrogens is 316 g/mol. The first-order valence-corrected chi connectivity index (χ1v) is 8.55. The highest BCUT2D eigenvalue weighted by molar-refractivity contribution is 7.85. The van der Waals surface area contributed by atoms with Crippen molar-refractivity contribution < 1.29 is 18.3 Å². The standard InChI is InChI=1S/C16H20N2O4S/c1-10-13(11(2)22-18-10)9-23(20)12(3)16(19)17-14-7-5-6-8-15(14)21-4/h5-8,12H,9H2,1-4H3,(H,17,19)/t12-,23-/m0/s1. The molecule has 2 rings (SSSR count). The van der Waals surface area contributed by atoms with Gasteiger partial charge in [-0.2, -0.15) is 0 Å². The normalized spacial score (nSPS) is 13.4. The minimum Gasteiger partial charge on any atom is -0.495 e. The Morgan fingerprint density at radius 2 is 2.09 bits per heavy atom. The zero-order valence-electron chi connectivity index (χ0n) is 13.6. The summed E-state index contributed by atoms with van der Waals surface area (Å²) in [6, 6.07) is 7.10. The van der Waals surface area contributed by atoms with Gasteiger partial charge >= 0.3 is 0 Å². The highest BCUT2D eigenvalue weighted by atomic mass is 32.2. The molecular formula is C16H20N2O4S. The molecule has 1 N–H and O–H groups in total. The van der Waals surface area contributed by atoms with Crippen LogP contribution in [0.5, 0.6) is 5.75 Å². The molecule has 2 atom stereocenters. The number of carbonyl (C=O) groups excluding carboxylic acids is 1. The second-order valence-corrected chi connectivity index (χ2v) is 6.92. The number of aromatic nitrogens is 1. The zero-order valence-corrected chi connectivity index (χ0v) is 14.4. The van der Waals surface area contributed by atoms with E-state index in [1.807, 2.05) is 6.07 Å². The molecule has 6 nitrogen and oxygen atoms in total. The maximum Gasteiger partial charge on any atom is 0.239 e. The molecule has 1 amide bonds. The number of ether oxygens (including phenoxy) is 1. The predicted molar refractivity (Wildman–Crippen MR) is 88.9 cm³/mol. The number of rotatable bonds is 6. The Balaban J connectivity index is 2.06. The van der Waals surface area contributed by atoms with Crippen LogP contribution in [0.25, 0.3) is 0 Å². The lowest BCUT2D eigenvalue weighted by Crippen LogP contribution is -2.30. The summed E-state index contributed by atoms with van der Waals surface area (Å²) in [6.07, 6.45) is 0. The summed E-state index contributed by atoms with van der Waals surface area (Å²) in [5.74, 6) is 1.11. The van der Waals surface area contributed by atoms with Crippen molar-refractivity contribution in [2.75, 3.05) is 12.4 Å². The number of methoxy groups -OCH3 is 1. The van der Waals surface area contributed by atoms with Crippen LogP contribution in [0, 0.1) is 13.8 Å². The zero-order chi connectivity index (χ0) is 17.0. The first kappa shape index (κ1) is 17.2. The van der Waals surface area contributed by atoms with E-state index in [0.717, 1.165) is 5.56 Å². The van der Waals surface area contributed by atoms with E-state index in [1.165, 1.54) is 7.11 Å². The molecule has 0 radical (unpaired) electrons. The van der Waals surface area contributed by atoms with Gasteiger partial charge in [0.25, 0.3) is 0 Å². The highest BCUT2D eigenvalue weighted by Crippen LogP contribution is 2.24. The largest absolute Gasteiger partial charge is 0.495 e. The Labute approximate surface area is 137 Å². The van der Waals surface area contributed by atoms with Crippen LogP contribution >= 0.6 is 0 Å². The number of benzene rings is 1. The molecule has 0 aliphatic rings. The lowest BCUT2D eigenvalue weighted by Gasteiger charge is -2.14. The third-order valence-corrected chi connectivity index (χ3v) is 5.17. The highest BCUT2D eigenvalue weighted by Gasteiger charge is 2.23. The number of nitrogens with zero attached hydrogens (tertiary/aromatic N) is 1. The second kappa shape index (κ2) is 7.41. The third kappa shape index (κ3) is 3.98. The van der Waals surface area contributed by atoms with Crippen LogP contribution in [0.2, 0.25) is 0 Å². The fourth-order valence-corrected chi connectivity index (χ4v) is 3.32. The molecule has 0 bridgehead atoms. The molecule has 0 saturated heterocycles. The fraction of sp³-hybridized carbons (Fsp3) is 0.375. The summed E-state index contributed by atoms with van der Waals surface area (Å²) in [7, 11) is 0.152. The summed E-state index contributed by atoms with van der Waals surface area (Å²) in [4.78, 5) is 12.3. The molecule has 1 heterocycles. The molecule has 124 valence electrons. The molecule has 7 heteroatoms. The van der Waals surface area contributed by atoms with Gasteiger partial charge in [-0.3, -0.25) is 9.00 Å². The van der Waals surface area contributed by atoms with Crippen molar-refractivity contribution in [3.63, 3.8) is 0 Å². The van der Waals surface area contributed by atoms with E-state index in [9.17, 15) is 9.00 Å². The minimum absolute atomic E-state index is 0.238. The van der Waals surface area contributed by atoms with Crippen molar-refractivity contribution in [3.05, 3.63) is 41.3 Å². The van der Waals surface area contributed by atoms with E-state index in [-0.39, 0.29) is 11.7 Å². The molecule has 0 aliphatic carbocycles. The van der Waals surface area contributed by atoms with Crippen LogP contribution in [-0.4, -0.2) is 27.6 Å². The van der Waals surface area contributed by atoms with Gasteiger partial charge in [0.05, 0.1) is 24.2 Å². The predicted octanol–water partition coefficient (Wildman–Crippen LogP) is 2.58. The first-order valence-electron chi connectivity index (χ1n) is 7.16. The molecule has 1 aromatic carbocycles. The molecule has 1 aromatic heterocycles. The van der Waals surface area contributed by atoms with Gasteiger partial charge in [-0.05, 0) is 32.9 Å². The Hall–Kier alpha value is -2.15. The van der Waals surface area contributed by atoms with Crippen LogP contribution in [0.15, 0.2) is 28.8 Å². The third-order valence-electron chi connectivity index (χ3n) is 3.60. The van der Waals surface area contributed by atoms with Crippen molar-refractivity contribution >= 4 is 22.4 Å². The molecule has 0 fully saturated rings. The number of aryl methyl sites for hydroxylation is 2. The van der Waals surface area contributed by atoms with Crippen LogP contribution in [0.4, 0.5) is 5.69 Å². The van der Waals surface area contributed by atoms with E-state index < -0.39 is 16.0 Å². The van der Waals surface area contributed by atoms with Crippen molar-refractivity contribution in [1.29, 1.82) is 0 Å². The van der Waals surface area contributed by atoms with E-state index >= 15 is 0 Å². The molecule has 2 aromatic rings. The maximum atomic E-state index is 12.5. The number of hydrogen-bond donors (Lipinski definition) is 1. The molecule has 0 unspecified atom stereocenters. The van der Waals surface area contributed by atoms with Gasteiger partial charge in [0.1, 0.15) is 16.8 Å². The van der Waals surface area contributed by atoms with Crippen LogP contribution < -0.4 is 10.1 Å². The number of carbonyl (C=O) groups is 1. The number of hydrogen-bond acceptors (Lipinski definition) is 5. The van der Waals surface area contributed by atoms with Gasteiger partial charge in [0.15, 0.2) is 0 Å². The van der Waals surface area contributed by atoms with E-state index in [0.29, 0.717) is 22.9 Å². The van der Waals surface area contributed by atoms with Gasteiger partial charge in [-0.1, -0.05) is 17.3 Å². The topological polar surface area (TPSA) is 81.4 Å². The van der Waals surface area contributed by atoms with E-state index in [4.69, 9.17) is 9.26 Å². The number of para-hydroxylation sites is 2. The Kier molecular flexibility index (Phi) is 5.54. The maximum absolute atomic E-state index is 12.5. The summed E-state index contributed by atoms with van der Waals surface area (Å²) >= 11 is 0. The lowest BCUT2D eigenvalue weighted by molar-refractivity contribution is -0.115. The number of anilines is 1. The lowest BCUT2D eigenvalue weighted by atomic mass is 10.2. The van der Waals surface area contributed by atoms with Crippen molar-refractivity contribution in [3.8, 4) is 5.75 Å². The summed E-state index contributed by atoms with van der Waals surface area (Å²) < 4.78 is 22.7. The van der Waals surface area contributed by atoms with E-state index in [1.54, 1.807) is 39.0 Å². The average molecular weight is 336 g/mol. The smallest absolute Gasteiger partial charge is 0.239 e. The molecule has 0 aliphatic heterocycles. The second-order valence-electron chi connectivity index (χ2n) is 5.16. The molecule has 23 heavy (non-hydrogen) atoms. The van der Waals surface area contributed by atoms with Gasteiger partial charge in [-0.25, -0.2) is 0 Å². The molecule has 0 spiro atoms. The van der Waals surface area contributed by atoms with Crippen molar-refractivity contribution in [1.82, 2.24) is 5.16 Å². The van der Waals surface area contributed by atoms with Crippen molar-refractivity contribution in [2.45, 2.75) is 31.8 Å². The van der Waals surface area contributed by atoms with Gasteiger partial charge < -0.3 is 14.6 Å². The first-order chi connectivity index (χ1) is 10.9. The van der Waals surface area contributed by atoms with E-state index in [2.05, 4.69) is 10.5 Å². The summed E-state index contributed by atoms with van der Waals surface area (Å²) in [6.45, 7) is 5.20. The Morgan fingerprint density at radius 3 is 2.70 bits per heavy atom. The van der Waals surface area contributed by atoms with Crippen LogP contribution in [-0.2, 0) is 21.3 Å². The summed E-state index contributed by atoms with van der Waals surface area (Å²) in [5, 5.41) is 5.92. The summed E-state index contributed by atoms with van der Waals surface area (Å²) in [5.41, 5.74) is 2.05. The fourth-order valence-electron chi connectivity index (χ4n) is 2.08. The van der Waals surface area contributed by atoms with Crippen molar-refractivity contribution in [2.24, 2.45) is 0 Å². The molecule has 0 saturated carbocycles. The van der Waals surface area contributed by atoms with Crippen LogP contribution in [0.1, 0.15) is 23.9 Å². The average Bonchev–Trinajstić information content (AvgIpc) is 2.86. The Bertz CT molecular complexity index is 707. The quantitative estimate of drug-likeness (QED) is 0.877. The number of nitrogens with one attached hydrogen (secondary N) is 1. The monoisotopic (exact) mass is 336 g/mol. The minimum atomic E-state index is -1.38. The SMILES string of the molecule is COc1ccccc1NC(=O)[C@H](C)[S@@](=O)Cc1c(C)noc1C. The van der Waals surface area contributed by atoms with Gasteiger partial charge in [-0.15, -0.1) is 0 Å². The van der Waals surface area contributed by atoms with Crippen LogP contribution in [0.3, 0.4) is 0 Å².